The quantitative estimate of drug-likeness (QED) is 0.848. The van der Waals surface area contributed by atoms with Crippen molar-refractivity contribution in [1.29, 1.82) is 0 Å². The lowest BCUT2D eigenvalue weighted by Crippen LogP contribution is -2.19. The molecule has 1 saturated carbocycles. The molecule has 1 aromatic rings. The fraction of sp³-hybridized carbons (Fsp3) is 0.583. The lowest BCUT2D eigenvalue weighted by molar-refractivity contribution is -0.137. The second-order valence-corrected chi connectivity index (χ2v) is 5.08. The monoisotopic (exact) mass is 278 g/mol. The van der Waals surface area contributed by atoms with E-state index in [0.29, 0.717) is 12.5 Å². The molecule has 1 aliphatic carbocycles. The van der Waals surface area contributed by atoms with Gasteiger partial charge in [0.1, 0.15) is 5.82 Å². The third kappa shape index (κ3) is 3.28. The largest absolute Gasteiger partial charge is 0.416 e. The molecule has 1 aromatic heterocycles. The first-order chi connectivity index (χ1) is 8.47. The van der Waals surface area contributed by atoms with Crippen molar-refractivity contribution in [2.45, 2.75) is 30.8 Å². The molecule has 2 nitrogen and oxygen atoms in total. The third-order valence-corrected chi connectivity index (χ3v) is 3.77. The molecule has 0 saturated heterocycles. The molecule has 1 aliphatic rings. The molecule has 2 rings (SSSR count). The lowest BCUT2D eigenvalue weighted by atomic mass is 10.1. The standard InChI is InChI=1S/C12H14ClF3N2/c13-10-3-1-2-8(10)7-18-11-6-9(4-5-17-11)12(14,15)16/h4-6,8,10H,1-3,7H2,(H,17,18). The predicted octanol–water partition coefficient (Wildman–Crippen LogP) is 3.92. The summed E-state index contributed by atoms with van der Waals surface area (Å²) in [4.78, 5) is 3.88. The van der Waals surface area contributed by atoms with Gasteiger partial charge in [-0.25, -0.2) is 4.98 Å². The molecule has 100 valence electrons. The molecule has 1 fully saturated rings. The zero-order valence-electron chi connectivity index (χ0n) is 9.67. The van der Waals surface area contributed by atoms with Crippen molar-refractivity contribution in [1.82, 2.24) is 4.98 Å². The maximum absolute atomic E-state index is 12.5. The number of halogens is 4. The zero-order valence-corrected chi connectivity index (χ0v) is 10.4. The average Bonchev–Trinajstić information content (AvgIpc) is 2.72. The van der Waals surface area contributed by atoms with E-state index in [4.69, 9.17) is 11.6 Å². The van der Waals surface area contributed by atoms with Gasteiger partial charge < -0.3 is 5.32 Å². The van der Waals surface area contributed by atoms with Gasteiger partial charge >= 0.3 is 6.18 Å². The first-order valence-electron chi connectivity index (χ1n) is 5.88. The molecule has 0 aliphatic heterocycles. The Morgan fingerprint density at radius 2 is 2.17 bits per heavy atom. The number of pyridine rings is 1. The van der Waals surface area contributed by atoms with Gasteiger partial charge in [0.25, 0.3) is 0 Å². The molecular formula is C12H14ClF3N2. The normalized spacial score (nSPS) is 24.2. The second kappa shape index (κ2) is 5.34. The minimum absolute atomic E-state index is 0.114. The van der Waals surface area contributed by atoms with Crippen LogP contribution < -0.4 is 5.32 Å². The van der Waals surface area contributed by atoms with Crippen LogP contribution in [0.5, 0.6) is 0 Å². The van der Waals surface area contributed by atoms with Crippen LogP contribution in [0.25, 0.3) is 0 Å². The Morgan fingerprint density at radius 3 is 2.78 bits per heavy atom. The summed E-state index contributed by atoms with van der Waals surface area (Å²) in [5.41, 5.74) is -0.686. The van der Waals surface area contributed by atoms with Crippen molar-refractivity contribution >= 4 is 17.4 Å². The van der Waals surface area contributed by atoms with Crippen LogP contribution in [0.3, 0.4) is 0 Å². The Hall–Kier alpha value is -0.970. The number of anilines is 1. The summed E-state index contributed by atoms with van der Waals surface area (Å²) in [5.74, 6) is 0.559. The van der Waals surface area contributed by atoms with Crippen molar-refractivity contribution in [3.05, 3.63) is 23.9 Å². The van der Waals surface area contributed by atoms with E-state index in [2.05, 4.69) is 10.3 Å². The van der Waals surface area contributed by atoms with Gasteiger partial charge in [-0.1, -0.05) is 6.42 Å². The van der Waals surface area contributed by atoms with Gasteiger partial charge in [0.2, 0.25) is 0 Å². The van der Waals surface area contributed by atoms with Gasteiger partial charge in [0.05, 0.1) is 5.56 Å². The SMILES string of the molecule is FC(F)(F)c1ccnc(NCC2CCCC2Cl)c1. The van der Waals surface area contributed by atoms with Gasteiger partial charge in [-0.15, -0.1) is 11.6 Å². The van der Waals surface area contributed by atoms with Crippen molar-refractivity contribution < 1.29 is 13.2 Å². The number of hydrogen-bond acceptors (Lipinski definition) is 2. The van der Waals surface area contributed by atoms with E-state index in [1.54, 1.807) is 0 Å². The molecule has 1 N–H and O–H groups in total. The van der Waals surface area contributed by atoms with E-state index in [-0.39, 0.29) is 11.2 Å². The minimum Gasteiger partial charge on any atom is -0.370 e. The van der Waals surface area contributed by atoms with Crippen LogP contribution >= 0.6 is 11.6 Å². The highest BCUT2D eigenvalue weighted by molar-refractivity contribution is 6.20. The molecule has 6 heteroatoms. The summed E-state index contributed by atoms with van der Waals surface area (Å²) in [6.07, 6.45) is -0.0969. The van der Waals surface area contributed by atoms with Gasteiger partial charge in [0, 0.05) is 18.1 Å². The number of alkyl halides is 4. The fourth-order valence-electron chi connectivity index (χ4n) is 2.16. The van der Waals surface area contributed by atoms with Crippen molar-refractivity contribution in [3.63, 3.8) is 0 Å². The Bertz CT molecular complexity index is 409. The first-order valence-corrected chi connectivity index (χ1v) is 6.31. The van der Waals surface area contributed by atoms with E-state index >= 15 is 0 Å². The Kier molecular flexibility index (Phi) is 4.00. The minimum atomic E-state index is -4.33. The van der Waals surface area contributed by atoms with Crippen LogP contribution in [-0.2, 0) is 6.18 Å². The van der Waals surface area contributed by atoms with Crippen LogP contribution in [0, 0.1) is 5.92 Å². The highest BCUT2D eigenvalue weighted by atomic mass is 35.5. The van der Waals surface area contributed by atoms with E-state index < -0.39 is 11.7 Å². The summed E-state index contributed by atoms with van der Waals surface area (Å²) in [6, 6.07) is 1.99. The van der Waals surface area contributed by atoms with Gasteiger partial charge in [-0.05, 0) is 30.9 Å². The molecule has 0 aromatic carbocycles. The molecule has 2 unspecified atom stereocenters. The fourth-order valence-corrected chi connectivity index (χ4v) is 2.53. The van der Waals surface area contributed by atoms with E-state index in [0.717, 1.165) is 37.6 Å². The van der Waals surface area contributed by atoms with Gasteiger partial charge in [-0.2, -0.15) is 13.2 Å². The molecule has 0 spiro atoms. The van der Waals surface area contributed by atoms with Crippen molar-refractivity contribution in [2.75, 3.05) is 11.9 Å². The summed E-state index contributed by atoms with van der Waals surface area (Å²) >= 11 is 6.11. The highest BCUT2D eigenvalue weighted by Crippen LogP contribution is 2.32. The Morgan fingerprint density at radius 1 is 1.39 bits per heavy atom. The topological polar surface area (TPSA) is 24.9 Å². The van der Waals surface area contributed by atoms with E-state index in [1.807, 2.05) is 0 Å². The van der Waals surface area contributed by atoms with Crippen LogP contribution in [0.1, 0.15) is 24.8 Å². The summed E-state index contributed by atoms with van der Waals surface area (Å²) in [5, 5.41) is 3.05. The maximum Gasteiger partial charge on any atom is 0.416 e. The number of rotatable bonds is 3. The predicted molar refractivity (Wildman–Crippen MR) is 64.7 cm³/mol. The number of nitrogens with one attached hydrogen (secondary N) is 1. The highest BCUT2D eigenvalue weighted by Gasteiger charge is 2.31. The second-order valence-electron chi connectivity index (χ2n) is 4.52. The molecule has 1 heterocycles. The smallest absolute Gasteiger partial charge is 0.370 e. The van der Waals surface area contributed by atoms with E-state index in [1.165, 1.54) is 0 Å². The third-order valence-electron chi connectivity index (χ3n) is 3.20. The summed E-state index contributed by atoms with van der Waals surface area (Å²) in [6.45, 7) is 0.572. The Labute approximate surface area is 109 Å². The van der Waals surface area contributed by atoms with Gasteiger partial charge in [-0.3, -0.25) is 0 Å². The number of aromatic nitrogens is 1. The van der Waals surface area contributed by atoms with Crippen molar-refractivity contribution in [3.8, 4) is 0 Å². The summed E-state index contributed by atoms with van der Waals surface area (Å²) < 4.78 is 37.5. The molecule has 0 bridgehead atoms. The average molecular weight is 279 g/mol. The first kappa shape index (κ1) is 13.5. The molecular weight excluding hydrogens is 265 g/mol. The molecule has 18 heavy (non-hydrogen) atoms. The van der Waals surface area contributed by atoms with Crippen LogP contribution in [0.15, 0.2) is 18.3 Å². The van der Waals surface area contributed by atoms with Crippen molar-refractivity contribution in [2.24, 2.45) is 5.92 Å². The summed E-state index contributed by atoms with van der Waals surface area (Å²) in [7, 11) is 0. The van der Waals surface area contributed by atoms with Crippen LogP contribution in [0.2, 0.25) is 0 Å². The number of hydrogen-bond donors (Lipinski definition) is 1. The number of nitrogens with zero attached hydrogens (tertiary/aromatic N) is 1. The maximum atomic E-state index is 12.5. The van der Waals surface area contributed by atoms with Crippen LogP contribution in [-0.4, -0.2) is 16.9 Å². The van der Waals surface area contributed by atoms with Crippen LogP contribution in [0.4, 0.5) is 19.0 Å². The Balaban J connectivity index is 1.97. The molecule has 0 radical (unpaired) electrons. The molecule has 2 atom stereocenters. The van der Waals surface area contributed by atoms with Gasteiger partial charge in [0.15, 0.2) is 0 Å². The molecule has 0 amide bonds. The van der Waals surface area contributed by atoms with E-state index in [9.17, 15) is 13.2 Å². The zero-order chi connectivity index (χ0) is 13.2. The lowest BCUT2D eigenvalue weighted by Gasteiger charge is -2.15.